The molecule has 4 N–H and O–H groups in total. The fourth-order valence-corrected chi connectivity index (χ4v) is 4.18. The second-order valence-electron chi connectivity index (χ2n) is 6.51. The SMILES string of the molecule is O=C1NC(Nc2ccc(Cl)cc2Cl)NC2NCCC(c3ccncc3)C12. The normalized spacial score (nSPS) is 28.2. The summed E-state index contributed by atoms with van der Waals surface area (Å²) in [4.78, 5) is 16.9. The van der Waals surface area contributed by atoms with Crippen molar-refractivity contribution >= 4 is 34.8 Å². The van der Waals surface area contributed by atoms with E-state index in [4.69, 9.17) is 23.2 Å². The molecule has 2 aliphatic heterocycles. The smallest absolute Gasteiger partial charge is 0.229 e. The van der Waals surface area contributed by atoms with Crippen LogP contribution in [-0.2, 0) is 4.79 Å². The van der Waals surface area contributed by atoms with Gasteiger partial charge in [0.15, 0.2) is 6.29 Å². The van der Waals surface area contributed by atoms with Crippen LogP contribution in [0.1, 0.15) is 17.9 Å². The molecule has 26 heavy (non-hydrogen) atoms. The number of hydrogen-bond donors (Lipinski definition) is 4. The molecule has 0 spiro atoms. The highest BCUT2D eigenvalue weighted by Crippen LogP contribution is 2.34. The Hall–Kier alpha value is -1.86. The van der Waals surface area contributed by atoms with Crippen LogP contribution in [0.5, 0.6) is 0 Å². The minimum atomic E-state index is -0.425. The third-order valence-corrected chi connectivity index (χ3v) is 5.46. The number of benzene rings is 1. The van der Waals surface area contributed by atoms with Crippen LogP contribution >= 0.6 is 23.2 Å². The van der Waals surface area contributed by atoms with Gasteiger partial charge in [0, 0.05) is 17.4 Å². The van der Waals surface area contributed by atoms with E-state index in [-0.39, 0.29) is 23.9 Å². The monoisotopic (exact) mass is 391 g/mol. The Labute approximate surface area is 161 Å². The van der Waals surface area contributed by atoms with Gasteiger partial charge < -0.3 is 16.0 Å². The van der Waals surface area contributed by atoms with Crippen molar-refractivity contribution in [3.05, 3.63) is 58.3 Å². The molecule has 6 nitrogen and oxygen atoms in total. The fraction of sp³-hybridized carbons (Fsp3) is 0.333. The van der Waals surface area contributed by atoms with Gasteiger partial charge in [0.2, 0.25) is 5.91 Å². The Morgan fingerprint density at radius 1 is 1.15 bits per heavy atom. The average molecular weight is 392 g/mol. The predicted octanol–water partition coefficient (Wildman–Crippen LogP) is 2.52. The highest BCUT2D eigenvalue weighted by atomic mass is 35.5. The van der Waals surface area contributed by atoms with Crippen LogP contribution < -0.4 is 21.3 Å². The van der Waals surface area contributed by atoms with Gasteiger partial charge in [0.25, 0.3) is 0 Å². The number of halogens is 2. The Bertz CT molecular complexity index is 803. The molecule has 2 aromatic rings. The molecule has 2 aliphatic rings. The Morgan fingerprint density at radius 3 is 2.73 bits per heavy atom. The summed E-state index contributed by atoms with van der Waals surface area (Å²) in [5.74, 6) is -0.0351. The summed E-state index contributed by atoms with van der Waals surface area (Å²) in [7, 11) is 0. The van der Waals surface area contributed by atoms with Crippen molar-refractivity contribution in [2.24, 2.45) is 5.92 Å². The molecule has 4 rings (SSSR count). The van der Waals surface area contributed by atoms with Crippen molar-refractivity contribution in [3.63, 3.8) is 0 Å². The number of piperidine rings is 1. The highest BCUT2D eigenvalue weighted by molar-refractivity contribution is 6.36. The lowest BCUT2D eigenvalue weighted by atomic mass is 9.78. The standard InChI is InChI=1S/C18H19Cl2N5O/c19-11-1-2-14(13(20)9-11)23-18-24-16-15(17(26)25-18)12(5-8-22-16)10-3-6-21-7-4-10/h1-4,6-7,9,12,15-16,18,22-24H,5,8H2,(H,25,26). The largest absolute Gasteiger partial charge is 0.352 e. The van der Waals surface area contributed by atoms with Crippen molar-refractivity contribution in [1.82, 2.24) is 20.9 Å². The van der Waals surface area contributed by atoms with E-state index in [1.807, 2.05) is 12.1 Å². The van der Waals surface area contributed by atoms with Gasteiger partial charge in [-0.3, -0.25) is 15.1 Å². The number of hydrogen-bond acceptors (Lipinski definition) is 5. The number of nitrogens with one attached hydrogen (secondary N) is 4. The lowest BCUT2D eigenvalue weighted by molar-refractivity contribution is -0.131. The van der Waals surface area contributed by atoms with Crippen molar-refractivity contribution in [2.45, 2.75) is 24.8 Å². The van der Waals surface area contributed by atoms with Crippen LogP contribution in [0.3, 0.4) is 0 Å². The Kier molecular flexibility index (Phi) is 5.00. The molecule has 1 aromatic carbocycles. The van der Waals surface area contributed by atoms with Crippen LogP contribution in [0.15, 0.2) is 42.7 Å². The molecule has 1 aromatic heterocycles. The van der Waals surface area contributed by atoms with Crippen molar-refractivity contribution in [1.29, 1.82) is 0 Å². The molecule has 0 saturated carbocycles. The maximum Gasteiger partial charge on any atom is 0.229 e. The zero-order valence-electron chi connectivity index (χ0n) is 13.9. The number of carbonyl (C=O) groups excluding carboxylic acids is 1. The zero-order chi connectivity index (χ0) is 18.1. The summed E-state index contributed by atoms with van der Waals surface area (Å²) >= 11 is 12.2. The summed E-state index contributed by atoms with van der Waals surface area (Å²) in [6.07, 6.45) is 3.90. The Balaban J connectivity index is 1.51. The van der Waals surface area contributed by atoms with Crippen LogP contribution in [0.2, 0.25) is 10.0 Å². The van der Waals surface area contributed by atoms with Gasteiger partial charge >= 0.3 is 0 Å². The maximum atomic E-state index is 12.9. The quantitative estimate of drug-likeness (QED) is 0.646. The summed E-state index contributed by atoms with van der Waals surface area (Å²) in [5.41, 5.74) is 1.84. The van der Waals surface area contributed by atoms with Crippen molar-refractivity contribution in [2.75, 3.05) is 11.9 Å². The van der Waals surface area contributed by atoms with E-state index in [1.165, 1.54) is 0 Å². The van der Waals surface area contributed by atoms with E-state index < -0.39 is 6.29 Å². The number of anilines is 1. The molecular formula is C18H19Cl2N5O. The second kappa shape index (κ2) is 7.40. The van der Waals surface area contributed by atoms with E-state index in [9.17, 15) is 4.79 Å². The van der Waals surface area contributed by atoms with Crippen LogP contribution in [0.25, 0.3) is 0 Å². The number of pyridine rings is 1. The molecule has 2 saturated heterocycles. The lowest BCUT2D eigenvalue weighted by Gasteiger charge is -2.44. The van der Waals surface area contributed by atoms with Gasteiger partial charge in [-0.1, -0.05) is 23.2 Å². The predicted molar refractivity (Wildman–Crippen MR) is 102 cm³/mol. The van der Waals surface area contributed by atoms with E-state index >= 15 is 0 Å². The molecule has 2 fully saturated rings. The third kappa shape index (κ3) is 3.50. The van der Waals surface area contributed by atoms with Gasteiger partial charge in [0.05, 0.1) is 22.8 Å². The number of aromatic nitrogens is 1. The minimum Gasteiger partial charge on any atom is -0.352 e. The van der Waals surface area contributed by atoms with Gasteiger partial charge in [0.1, 0.15) is 0 Å². The van der Waals surface area contributed by atoms with E-state index in [0.29, 0.717) is 15.7 Å². The number of nitrogens with zero attached hydrogens (tertiary/aromatic N) is 1. The number of carbonyl (C=O) groups is 1. The van der Waals surface area contributed by atoms with E-state index in [2.05, 4.69) is 26.3 Å². The third-order valence-electron chi connectivity index (χ3n) is 4.91. The molecule has 3 heterocycles. The summed E-state index contributed by atoms with van der Waals surface area (Å²) < 4.78 is 0. The van der Waals surface area contributed by atoms with Crippen LogP contribution in [-0.4, -0.2) is 29.9 Å². The molecule has 0 bridgehead atoms. The Morgan fingerprint density at radius 2 is 1.96 bits per heavy atom. The molecular weight excluding hydrogens is 373 g/mol. The zero-order valence-corrected chi connectivity index (χ0v) is 15.4. The average Bonchev–Trinajstić information content (AvgIpc) is 2.64. The molecule has 0 radical (unpaired) electrons. The van der Waals surface area contributed by atoms with Gasteiger partial charge in [-0.2, -0.15) is 0 Å². The van der Waals surface area contributed by atoms with Crippen molar-refractivity contribution < 1.29 is 4.79 Å². The van der Waals surface area contributed by atoms with Gasteiger partial charge in [-0.15, -0.1) is 0 Å². The summed E-state index contributed by atoms with van der Waals surface area (Å²) in [6.45, 7) is 0.836. The first kappa shape index (κ1) is 17.5. The van der Waals surface area contributed by atoms with Crippen LogP contribution in [0, 0.1) is 5.92 Å². The summed E-state index contributed by atoms with van der Waals surface area (Å²) in [6, 6.07) is 9.17. The lowest BCUT2D eigenvalue weighted by Crippen LogP contribution is -2.70. The van der Waals surface area contributed by atoms with E-state index in [1.54, 1.807) is 30.6 Å². The maximum absolute atomic E-state index is 12.9. The molecule has 136 valence electrons. The van der Waals surface area contributed by atoms with Gasteiger partial charge in [-0.05, 0) is 54.8 Å². The fourth-order valence-electron chi connectivity index (χ4n) is 3.71. The molecule has 8 heteroatoms. The van der Waals surface area contributed by atoms with Gasteiger partial charge in [-0.25, -0.2) is 0 Å². The van der Waals surface area contributed by atoms with Crippen molar-refractivity contribution in [3.8, 4) is 0 Å². The minimum absolute atomic E-state index is 0.00495. The number of fused-ring (bicyclic) bond motifs is 1. The number of amides is 1. The van der Waals surface area contributed by atoms with E-state index in [0.717, 1.165) is 18.5 Å². The molecule has 1 amide bonds. The van der Waals surface area contributed by atoms with Crippen LogP contribution in [0.4, 0.5) is 5.69 Å². The first-order valence-electron chi connectivity index (χ1n) is 8.53. The molecule has 4 unspecified atom stereocenters. The molecule has 4 atom stereocenters. The topological polar surface area (TPSA) is 78.1 Å². The molecule has 0 aliphatic carbocycles. The highest BCUT2D eigenvalue weighted by Gasteiger charge is 2.43. The summed E-state index contributed by atoms with van der Waals surface area (Å²) in [5, 5.41) is 14.1. The first-order chi connectivity index (χ1) is 12.6. The first-order valence-corrected chi connectivity index (χ1v) is 9.29. The number of rotatable bonds is 3. The second-order valence-corrected chi connectivity index (χ2v) is 7.35.